The van der Waals surface area contributed by atoms with Crippen LogP contribution in [0.5, 0.6) is 0 Å². The molecule has 0 aromatic rings. The molecule has 0 bridgehead atoms. The molecule has 2 atom stereocenters. The van der Waals surface area contributed by atoms with E-state index in [0.29, 0.717) is 25.4 Å². The number of ether oxygens (including phenoxy) is 1. The number of methoxy groups -OCH3 is 1. The molecule has 0 spiro atoms. The second-order valence-corrected chi connectivity index (χ2v) is 5.37. The van der Waals surface area contributed by atoms with Crippen LogP contribution >= 0.6 is 11.8 Å². The van der Waals surface area contributed by atoms with Crippen molar-refractivity contribution in [3.05, 3.63) is 0 Å². The molecule has 0 saturated carbocycles. The van der Waals surface area contributed by atoms with E-state index >= 15 is 0 Å². The lowest BCUT2D eigenvalue weighted by Gasteiger charge is -2.15. The minimum absolute atomic E-state index is 0.0294. The van der Waals surface area contributed by atoms with Gasteiger partial charge in [0.25, 0.3) is 0 Å². The third-order valence-electron chi connectivity index (χ3n) is 2.94. The van der Waals surface area contributed by atoms with E-state index in [2.05, 4.69) is 0 Å². The Bertz CT molecular complexity index is 285. The third kappa shape index (κ3) is 4.20. The zero-order chi connectivity index (χ0) is 12.8. The molecule has 1 saturated heterocycles. The predicted molar refractivity (Wildman–Crippen MR) is 66.1 cm³/mol. The van der Waals surface area contributed by atoms with Crippen molar-refractivity contribution in [2.45, 2.75) is 6.92 Å². The van der Waals surface area contributed by atoms with Gasteiger partial charge in [-0.15, -0.1) is 11.8 Å². The Morgan fingerprint density at radius 1 is 1.47 bits per heavy atom. The normalized spacial score (nSPS) is 24.0. The van der Waals surface area contributed by atoms with Crippen molar-refractivity contribution in [2.75, 3.05) is 38.3 Å². The predicted octanol–water partition coefficient (Wildman–Crippen LogP) is 0.545. The van der Waals surface area contributed by atoms with Gasteiger partial charge in [-0.05, 0) is 5.92 Å². The van der Waals surface area contributed by atoms with Crippen molar-refractivity contribution in [3.63, 3.8) is 0 Å². The van der Waals surface area contributed by atoms with Gasteiger partial charge in [0.2, 0.25) is 5.91 Å². The van der Waals surface area contributed by atoms with Crippen molar-refractivity contribution in [1.29, 1.82) is 0 Å². The number of carbonyl (C=O) groups excluding carboxylic acids is 1. The summed E-state index contributed by atoms with van der Waals surface area (Å²) in [6.45, 7) is 3.41. The third-order valence-corrected chi connectivity index (χ3v) is 3.85. The Morgan fingerprint density at radius 3 is 2.71 bits per heavy atom. The molecule has 0 aromatic heterocycles. The van der Waals surface area contributed by atoms with E-state index in [-0.39, 0.29) is 11.8 Å². The Kier molecular flexibility index (Phi) is 5.77. The number of thioether (sulfide) groups is 1. The molecule has 0 radical (unpaired) electrons. The van der Waals surface area contributed by atoms with Gasteiger partial charge in [-0.1, -0.05) is 6.92 Å². The Balaban J connectivity index is 2.32. The van der Waals surface area contributed by atoms with Crippen LogP contribution in [0, 0.1) is 11.8 Å². The highest BCUT2D eigenvalue weighted by atomic mass is 32.2. The topological polar surface area (TPSA) is 66.8 Å². The fourth-order valence-corrected chi connectivity index (χ4v) is 2.67. The van der Waals surface area contributed by atoms with Crippen LogP contribution in [0.2, 0.25) is 0 Å². The van der Waals surface area contributed by atoms with Crippen molar-refractivity contribution < 1.29 is 19.4 Å². The second-order valence-electron chi connectivity index (χ2n) is 4.27. The quantitative estimate of drug-likeness (QED) is 0.707. The van der Waals surface area contributed by atoms with Gasteiger partial charge in [0.15, 0.2) is 0 Å². The molecule has 17 heavy (non-hydrogen) atoms. The van der Waals surface area contributed by atoms with Gasteiger partial charge in [-0.3, -0.25) is 9.59 Å². The van der Waals surface area contributed by atoms with Gasteiger partial charge >= 0.3 is 5.97 Å². The molecule has 5 nitrogen and oxygen atoms in total. The fraction of sp³-hybridized carbons (Fsp3) is 0.818. The van der Waals surface area contributed by atoms with E-state index in [1.54, 1.807) is 12.0 Å². The van der Waals surface area contributed by atoms with Gasteiger partial charge in [-0.2, -0.15) is 0 Å². The Hall–Kier alpha value is -0.750. The number of carboxylic acid groups (broad SMARTS) is 1. The Morgan fingerprint density at radius 2 is 2.18 bits per heavy atom. The highest BCUT2D eigenvalue weighted by molar-refractivity contribution is 7.99. The number of amides is 1. The molecule has 1 N–H and O–H groups in total. The van der Waals surface area contributed by atoms with Crippen LogP contribution in [-0.4, -0.2) is 60.2 Å². The summed E-state index contributed by atoms with van der Waals surface area (Å²) in [4.78, 5) is 24.4. The van der Waals surface area contributed by atoms with Gasteiger partial charge in [-0.25, -0.2) is 0 Å². The first-order chi connectivity index (χ1) is 8.06. The summed E-state index contributed by atoms with van der Waals surface area (Å²) < 4.78 is 4.89. The van der Waals surface area contributed by atoms with Crippen LogP contribution in [-0.2, 0) is 14.3 Å². The molecule has 0 aromatic carbocycles. The molecule has 6 heteroatoms. The van der Waals surface area contributed by atoms with Crippen LogP contribution in [0.3, 0.4) is 0 Å². The summed E-state index contributed by atoms with van der Waals surface area (Å²) in [6, 6.07) is 0. The molecule has 98 valence electrons. The minimum Gasteiger partial charge on any atom is -0.481 e. The molecule has 1 heterocycles. The molecule has 1 aliphatic rings. The SMILES string of the molecule is COCCSCC(=O)N1CC(C)C(C(=O)O)C1. The monoisotopic (exact) mass is 261 g/mol. The molecular weight excluding hydrogens is 242 g/mol. The first-order valence-corrected chi connectivity index (χ1v) is 6.79. The first kappa shape index (κ1) is 14.3. The largest absolute Gasteiger partial charge is 0.481 e. The van der Waals surface area contributed by atoms with Crippen molar-refractivity contribution in [3.8, 4) is 0 Å². The van der Waals surface area contributed by atoms with E-state index in [1.807, 2.05) is 6.92 Å². The molecule has 2 unspecified atom stereocenters. The summed E-state index contributed by atoms with van der Waals surface area (Å²) in [5.41, 5.74) is 0. The molecule has 0 aliphatic carbocycles. The first-order valence-electron chi connectivity index (χ1n) is 5.63. The van der Waals surface area contributed by atoms with Crippen LogP contribution in [0.15, 0.2) is 0 Å². The average Bonchev–Trinajstić information content (AvgIpc) is 2.66. The van der Waals surface area contributed by atoms with E-state index in [4.69, 9.17) is 9.84 Å². The standard InChI is InChI=1S/C11H19NO4S/c1-8-5-12(6-9(8)11(14)15)10(13)7-17-4-3-16-2/h8-9H,3-7H2,1-2H3,(H,14,15). The minimum atomic E-state index is -0.806. The summed E-state index contributed by atoms with van der Waals surface area (Å²) >= 11 is 1.52. The number of aliphatic carboxylic acids is 1. The van der Waals surface area contributed by atoms with Gasteiger partial charge in [0.1, 0.15) is 0 Å². The summed E-state index contributed by atoms with van der Waals surface area (Å²) in [7, 11) is 1.63. The van der Waals surface area contributed by atoms with E-state index < -0.39 is 11.9 Å². The molecule has 1 amide bonds. The summed E-state index contributed by atoms with van der Waals surface area (Å²) in [6.07, 6.45) is 0. The van der Waals surface area contributed by atoms with Crippen LogP contribution in [0.4, 0.5) is 0 Å². The number of hydrogen-bond donors (Lipinski definition) is 1. The number of likely N-dealkylation sites (tertiary alicyclic amines) is 1. The van der Waals surface area contributed by atoms with E-state index in [9.17, 15) is 9.59 Å². The highest BCUT2D eigenvalue weighted by Crippen LogP contribution is 2.23. The lowest BCUT2D eigenvalue weighted by molar-refractivity contribution is -0.142. The number of carboxylic acids is 1. The number of hydrogen-bond acceptors (Lipinski definition) is 4. The van der Waals surface area contributed by atoms with Gasteiger partial charge in [0.05, 0.1) is 18.3 Å². The number of nitrogens with zero attached hydrogens (tertiary/aromatic N) is 1. The van der Waals surface area contributed by atoms with Crippen LogP contribution in [0.1, 0.15) is 6.92 Å². The smallest absolute Gasteiger partial charge is 0.308 e. The maximum absolute atomic E-state index is 11.8. The van der Waals surface area contributed by atoms with E-state index in [0.717, 1.165) is 5.75 Å². The maximum Gasteiger partial charge on any atom is 0.308 e. The van der Waals surface area contributed by atoms with Crippen molar-refractivity contribution in [1.82, 2.24) is 4.90 Å². The lowest BCUT2D eigenvalue weighted by atomic mass is 9.99. The zero-order valence-electron chi connectivity index (χ0n) is 10.2. The maximum atomic E-state index is 11.8. The zero-order valence-corrected chi connectivity index (χ0v) is 11.0. The fourth-order valence-electron chi connectivity index (χ4n) is 1.88. The molecular formula is C11H19NO4S. The number of rotatable bonds is 6. The summed E-state index contributed by atoms with van der Waals surface area (Å²) in [5, 5.41) is 8.97. The molecule has 1 aliphatic heterocycles. The molecule has 1 fully saturated rings. The Labute approximate surface area is 105 Å². The second kappa shape index (κ2) is 6.86. The van der Waals surface area contributed by atoms with Crippen molar-refractivity contribution >= 4 is 23.6 Å². The summed E-state index contributed by atoms with van der Waals surface area (Å²) in [5.74, 6) is 0.0426. The van der Waals surface area contributed by atoms with Gasteiger partial charge in [0, 0.05) is 26.0 Å². The van der Waals surface area contributed by atoms with Crippen LogP contribution < -0.4 is 0 Å². The van der Waals surface area contributed by atoms with Gasteiger partial charge < -0.3 is 14.7 Å². The lowest BCUT2D eigenvalue weighted by Crippen LogP contribution is -2.31. The van der Waals surface area contributed by atoms with E-state index in [1.165, 1.54) is 11.8 Å². The van der Waals surface area contributed by atoms with Crippen LogP contribution in [0.25, 0.3) is 0 Å². The molecule has 1 rings (SSSR count). The highest BCUT2D eigenvalue weighted by Gasteiger charge is 2.36. The average molecular weight is 261 g/mol. The van der Waals surface area contributed by atoms with Crippen molar-refractivity contribution in [2.24, 2.45) is 11.8 Å². The number of carbonyl (C=O) groups is 2.